The highest BCUT2D eigenvalue weighted by molar-refractivity contribution is 5.85. The van der Waals surface area contributed by atoms with Gasteiger partial charge in [-0.15, -0.1) is 12.4 Å². The van der Waals surface area contributed by atoms with Crippen LogP contribution in [0.25, 0.3) is 0 Å². The number of nitrogens with one attached hydrogen (secondary N) is 2. The van der Waals surface area contributed by atoms with Crippen molar-refractivity contribution >= 4 is 12.4 Å². The molecule has 1 aliphatic heterocycles. The molecular weight excluding hydrogens is 300 g/mol. The van der Waals surface area contributed by atoms with Crippen molar-refractivity contribution in [2.24, 2.45) is 13.0 Å². The molecule has 2 heterocycles. The third-order valence-electron chi connectivity index (χ3n) is 4.96. The fraction of sp³-hybridized carbons (Fsp3) is 0.812. The van der Waals surface area contributed by atoms with E-state index in [2.05, 4.69) is 16.8 Å². The van der Waals surface area contributed by atoms with Crippen LogP contribution in [0.15, 0.2) is 6.20 Å². The molecule has 3 rings (SSSR count). The first-order valence-electron chi connectivity index (χ1n) is 8.36. The molecule has 1 saturated heterocycles. The molecule has 6 heteroatoms. The van der Waals surface area contributed by atoms with E-state index in [1.54, 1.807) is 0 Å². The number of rotatable bonds is 5. The summed E-state index contributed by atoms with van der Waals surface area (Å²) in [5, 5.41) is 21.3. The number of aliphatic hydroxyl groups is 1. The normalized spacial score (nSPS) is 26.1. The summed E-state index contributed by atoms with van der Waals surface area (Å²) in [6, 6.07) is 0. The van der Waals surface area contributed by atoms with Gasteiger partial charge in [0.1, 0.15) is 0 Å². The van der Waals surface area contributed by atoms with Crippen molar-refractivity contribution < 1.29 is 5.11 Å². The van der Waals surface area contributed by atoms with Gasteiger partial charge in [0, 0.05) is 56.8 Å². The molecule has 0 radical (unpaired) electrons. The van der Waals surface area contributed by atoms with E-state index in [9.17, 15) is 5.11 Å². The molecule has 126 valence electrons. The number of aliphatic hydroxyl groups excluding tert-OH is 1. The predicted molar refractivity (Wildman–Crippen MR) is 90.4 cm³/mol. The number of hydrogen-bond donors (Lipinski definition) is 3. The summed E-state index contributed by atoms with van der Waals surface area (Å²) in [6.45, 7) is 3.37. The van der Waals surface area contributed by atoms with Gasteiger partial charge < -0.3 is 15.7 Å². The van der Waals surface area contributed by atoms with E-state index in [-0.39, 0.29) is 18.5 Å². The van der Waals surface area contributed by atoms with Gasteiger partial charge >= 0.3 is 0 Å². The van der Waals surface area contributed by atoms with E-state index in [1.165, 1.54) is 43.4 Å². The van der Waals surface area contributed by atoms with Gasteiger partial charge in [-0.3, -0.25) is 4.68 Å². The molecule has 1 aromatic heterocycles. The van der Waals surface area contributed by atoms with Crippen LogP contribution in [0.4, 0.5) is 0 Å². The molecule has 0 spiro atoms. The van der Waals surface area contributed by atoms with Gasteiger partial charge in [0.25, 0.3) is 0 Å². The van der Waals surface area contributed by atoms with Gasteiger partial charge in [0.2, 0.25) is 0 Å². The van der Waals surface area contributed by atoms with Crippen LogP contribution >= 0.6 is 12.4 Å². The van der Waals surface area contributed by atoms with Crippen molar-refractivity contribution in [2.45, 2.75) is 50.7 Å². The highest BCUT2D eigenvalue weighted by Gasteiger charge is 2.25. The molecule has 5 nitrogen and oxygen atoms in total. The zero-order chi connectivity index (χ0) is 14.7. The molecule has 2 aliphatic rings. The monoisotopic (exact) mass is 328 g/mol. The van der Waals surface area contributed by atoms with Crippen LogP contribution in [0.1, 0.15) is 49.3 Å². The quantitative estimate of drug-likeness (QED) is 0.767. The minimum absolute atomic E-state index is 0. The Morgan fingerprint density at radius 3 is 2.77 bits per heavy atom. The SMILES string of the molecule is Cl.Cn1cc(CNCC2CNCC2O)c(C2CCCCC2)n1. The Bertz CT molecular complexity index is 459. The molecule has 3 N–H and O–H groups in total. The number of nitrogens with zero attached hydrogens (tertiary/aromatic N) is 2. The number of aryl methyl sites for hydroxylation is 1. The van der Waals surface area contributed by atoms with E-state index in [1.807, 2.05) is 11.7 Å². The van der Waals surface area contributed by atoms with Crippen molar-refractivity contribution in [1.29, 1.82) is 0 Å². The van der Waals surface area contributed by atoms with Gasteiger partial charge in [-0.2, -0.15) is 5.10 Å². The molecule has 1 saturated carbocycles. The van der Waals surface area contributed by atoms with E-state index >= 15 is 0 Å². The van der Waals surface area contributed by atoms with Crippen LogP contribution in [0.2, 0.25) is 0 Å². The van der Waals surface area contributed by atoms with Crippen LogP contribution in [0.3, 0.4) is 0 Å². The fourth-order valence-electron chi connectivity index (χ4n) is 3.73. The van der Waals surface area contributed by atoms with Gasteiger partial charge in [-0.25, -0.2) is 0 Å². The second-order valence-electron chi connectivity index (χ2n) is 6.66. The Kier molecular flexibility index (Phi) is 6.68. The van der Waals surface area contributed by atoms with Crippen molar-refractivity contribution in [3.05, 3.63) is 17.5 Å². The fourth-order valence-corrected chi connectivity index (χ4v) is 3.73. The lowest BCUT2D eigenvalue weighted by atomic mass is 9.85. The van der Waals surface area contributed by atoms with E-state index < -0.39 is 0 Å². The number of aromatic nitrogens is 2. The van der Waals surface area contributed by atoms with E-state index in [0.29, 0.717) is 11.8 Å². The second kappa shape index (κ2) is 8.29. The maximum absolute atomic E-state index is 9.83. The average Bonchev–Trinajstić information content (AvgIpc) is 3.06. The second-order valence-corrected chi connectivity index (χ2v) is 6.66. The summed E-state index contributed by atoms with van der Waals surface area (Å²) in [4.78, 5) is 0. The molecule has 1 aliphatic carbocycles. The van der Waals surface area contributed by atoms with Crippen molar-refractivity contribution in [1.82, 2.24) is 20.4 Å². The maximum atomic E-state index is 9.83. The zero-order valence-electron chi connectivity index (χ0n) is 13.4. The summed E-state index contributed by atoms with van der Waals surface area (Å²) in [6.07, 6.45) is 8.58. The largest absolute Gasteiger partial charge is 0.391 e. The molecule has 2 atom stereocenters. The maximum Gasteiger partial charge on any atom is 0.0716 e. The standard InChI is InChI=1S/C16H28N4O.ClH/c1-20-11-14(9-17-7-13-8-18-10-15(13)21)16(19-20)12-5-3-2-4-6-12;/h11-13,15,17-18,21H,2-10H2,1H3;1H. The Hall–Kier alpha value is -0.620. The number of halogens is 1. The summed E-state index contributed by atoms with van der Waals surface area (Å²) in [5.41, 5.74) is 2.64. The smallest absolute Gasteiger partial charge is 0.0716 e. The van der Waals surface area contributed by atoms with Gasteiger partial charge in [-0.1, -0.05) is 19.3 Å². The van der Waals surface area contributed by atoms with Gasteiger partial charge in [-0.05, 0) is 12.8 Å². The summed E-state index contributed by atoms with van der Waals surface area (Å²) < 4.78 is 1.95. The van der Waals surface area contributed by atoms with E-state index in [4.69, 9.17) is 5.10 Å². The van der Waals surface area contributed by atoms with E-state index in [0.717, 1.165) is 26.2 Å². The molecule has 2 unspecified atom stereocenters. The molecule has 0 aromatic carbocycles. The highest BCUT2D eigenvalue weighted by atomic mass is 35.5. The molecular formula is C16H29ClN4O. The lowest BCUT2D eigenvalue weighted by molar-refractivity contribution is 0.146. The van der Waals surface area contributed by atoms with Crippen molar-refractivity contribution in [3.63, 3.8) is 0 Å². The van der Waals surface area contributed by atoms with Crippen LogP contribution in [0.5, 0.6) is 0 Å². The molecule has 22 heavy (non-hydrogen) atoms. The summed E-state index contributed by atoms with van der Waals surface area (Å²) in [7, 11) is 2.01. The first kappa shape index (κ1) is 17.7. The molecule has 2 fully saturated rings. The van der Waals surface area contributed by atoms with Gasteiger partial charge in [0.05, 0.1) is 11.8 Å². The first-order chi connectivity index (χ1) is 10.2. The Morgan fingerprint density at radius 2 is 2.09 bits per heavy atom. The molecule has 0 bridgehead atoms. The third kappa shape index (κ3) is 4.22. The van der Waals surface area contributed by atoms with Crippen LogP contribution in [-0.4, -0.2) is 40.6 Å². The lowest BCUT2D eigenvalue weighted by Gasteiger charge is -2.21. The zero-order valence-corrected chi connectivity index (χ0v) is 14.2. The Labute approximate surface area is 139 Å². The van der Waals surface area contributed by atoms with Gasteiger partial charge in [0.15, 0.2) is 0 Å². The summed E-state index contributed by atoms with van der Waals surface area (Å²) in [5.74, 6) is 0.982. The van der Waals surface area contributed by atoms with Crippen LogP contribution in [0, 0.1) is 5.92 Å². The highest BCUT2D eigenvalue weighted by Crippen LogP contribution is 2.33. The average molecular weight is 329 g/mol. The molecule has 1 aromatic rings. The predicted octanol–water partition coefficient (Wildman–Crippen LogP) is 1.56. The summed E-state index contributed by atoms with van der Waals surface area (Å²) >= 11 is 0. The third-order valence-corrected chi connectivity index (χ3v) is 4.96. The molecule has 0 amide bonds. The Morgan fingerprint density at radius 1 is 1.32 bits per heavy atom. The minimum atomic E-state index is -0.204. The van der Waals surface area contributed by atoms with Crippen molar-refractivity contribution in [3.8, 4) is 0 Å². The Balaban J connectivity index is 0.00000176. The number of β-amino-alcohol motifs (C(OH)–C–C–N with tert-alkyl or cyclic N) is 1. The first-order valence-corrected chi connectivity index (χ1v) is 8.36. The topological polar surface area (TPSA) is 62.1 Å². The minimum Gasteiger partial charge on any atom is -0.391 e. The van der Waals surface area contributed by atoms with Crippen molar-refractivity contribution in [2.75, 3.05) is 19.6 Å². The van der Waals surface area contributed by atoms with Crippen LogP contribution < -0.4 is 10.6 Å². The number of hydrogen-bond acceptors (Lipinski definition) is 4. The lowest BCUT2D eigenvalue weighted by Crippen LogP contribution is -2.30. The van der Waals surface area contributed by atoms with Crippen LogP contribution in [-0.2, 0) is 13.6 Å².